The Kier molecular flexibility index (Phi) is 5.87. The van der Waals surface area contributed by atoms with Gasteiger partial charge in [-0.1, -0.05) is 0 Å². The zero-order valence-electron chi connectivity index (χ0n) is 7.97. The van der Waals surface area contributed by atoms with Gasteiger partial charge in [0.15, 0.2) is 0 Å². The summed E-state index contributed by atoms with van der Waals surface area (Å²) in [6.07, 6.45) is 0.122. The molecule has 88 valence electrons. The van der Waals surface area contributed by atoms with Crippen molar-refractivity contribution in [2.45, 2.75) is 19.3 Å². The van der Waals surface area contributed by atoms with Crippen LogP contribution in [-0.2, 0) is 19.7 Å². The Morgan fingerprint density at radius 2 is 1.80 bits per heavy atom. The number of carboxylic acid groups (broad SMARTS) is 1. The lowest BCUT2D eigenvalue weighted by atomic mass is 10.2. The molecule has 0 saturated heterocycles. The molecule has 7 nitrogen and oxygen atoms in total. The van der Waals surface area contributed by atoms with Crippen LogP contribution in [0.25, 0.3) is 0 Å². The maximum atomic E-state index is 10.9. The number of aliphatic carboxylic acids is 1. The average molecular weight is 239 g/mol. The molecule has 0 spiro atoms. The lowest BCUT2D eigenvalue weighted by Gasteiger charge is -2.02. The van der Waals surface area contributed by atoms with Gasteiger partial charge in [-0.05, 0) is 6.42 Å². The van der Waals surface area contributed by atoms with E-state index in [1.807, 2.05) is 0 Å². The van der Waals surface area contributed by atoms with Crippen molar-refractivity contribution in [3.8, 4) is 0 Å². The second kappa shape index (κ2) is 6.36. The fourth-order valence-corrected chi connectivity index (χ4v) is 1.17. The van der Waals surface area contributed by atoms with Gasteiger partial charge < -0.3 is 10.4 Å². The second-order valence-corrected chi connectivity index (χ2v) is 4.46. The lowest BCUT2D eigenvalue weighted by Crippen LogP contribution is -2.28. The predicted octanol–water partition coefficient (Wildman–Crippen LogP) is -0.755. The van der Waals surface area contributed by atoms with Crippen LogP contribution in [0.1, 0.15) is 19.3 Å². The Morgan fingerprint density at radius 1 is 1.20 bits per heavy atom. The zero-order valence-corrected chi connectivity index (χ0v) is 8.79. The van der Waals surface area contributed by atoms with E-state index in [-0.39, 0.29) is 25.8 Å². The van der Waals surface area contributed by atoms with Crippen LogP contribution in [-0.4, -0.2) is 42.3 Å². The molecule has 3 N–H and O–H groups in total. The van der Waals surface area contributed by atoms with E-state index < -0.39 is 27.7 Å². The van der Waals surface area contributed by atoms with Crippen LogP contribution in [0.15, 0.2) is 0 Å². The third-order valence-corrected chi connectivity index (χ3v) is 2.20. The van der Waals surface area contributed by atoms with E-state index in [2.05, 4.69) is 5.32 Å². The van der Waals surface area contributed by atoms with Crippen molar-refractivity contribution in [1.82, 2.24) is 5.32 Å². The summed E-state index contributed by atoms with van der Waals surface area (Å²) in [5.41, 5.74) is 0. The van der Waals surface area contributed by atoms with Crippen LogP contribution in [0.2, 0.25) is 0 Å². The summed E-state index contributed by atoms with van der Waals surface area (Å²) in [5.74, 6) is -1.96. The number of carbonyl (C=O) groups is 2. The molecule has 0 rings (SSSR count). The van der Waals surface area contributed by atoms with E-state index >= 15 is 0 Å². The molecule has 0 aromatic rings. The van der Waals surface area contributed by atoms with Crippen LogP contribution in [0.3, 0.4) is 0 Å². The van der Waals surface area contributed by atoms with Crippen molar-refractivity contribution >= 4 is 22.0 Å². The first-order chi connectivity index (χ1) is 6.81. The van der Waals surface area contributed by atoms with Crippen LogP contribution < -0.4 is 5.32 Å². The number of hydrogen-bond donors (Lipinski definition) is 3. The number of rotatable bonds is 7. The molecule has 0 heterocycles. The third-order valence-electron chi connectivity index (χ3n) is 1.48. The Morgan fingerprint density at radius 3 is 2.27 bits per heavy atom. The highest BCUT2D eigenvalue weighted by Gasteiger charge is 2.06. The summed E-state index contributed by atoms with van der Waals surface area (Å²) in [7, 11) is -4.06. The highest BCUT2D eigenvalue weighted by molar-refractivity contribution is 7.85. The number of carboxylic acids is 1. The van der Waals surface area contributed by atoms with Gasteiger partial charge in [-0.3, -0.25) is 14.1 Å². The van der Waals surface area contributed by atoms with Crippen molar-refractivity contribution < 1.29 is 27.7 Å². The monoisotopic (exact) mass is 239 g/mol. The average Bonchev–Trinajstić information content (AvgIpc) is 2.00. The first kappa shape index (κ1) is 13.8. The predicted molar refractivity (Wildman–Crippen MR) is 50.9 cm³/mol. The summed E-state index contributed by atoms with van der Waals surface area (Å²) in [5, 5.41) is 10.5. The Labute approximate surface area is 87.2 Å². The van der Waals surface area contributed by atoms with Gasteiger partial charge in [-0.2, -0.15) is 8.42 Å². The van der Waals surface area contributed by atoms with Crippen LogP contribution in [0.4, 0.5) is 0 Å². The van der Waals surface area contributed by atoms with Gasteiger partial charge in [0.2, 0.25) is 5.91 Å². The molecule has 0 unspecified atom stereocenters. The molecular formula is C7H13NO6S. The molecule has 0 aliphatic rings. The minimum Gasteiger partial charge on any atom is -0.481 e. The van der Waals surface area contributed by atoms with E-state index in [1.165, 1.54) is 0 Å². The maximum absolute atomic E-state index is 10.9. The maximum Gasteiger partial charge on any atom is 0.303 e. The van der Waals surface area contributed by atoms with E-state index in [0.717, 1.165) is 0 Å². The van der Waals surface area contributed by atoms with Crippen molar-refractivity contribution in [2.75, 3.05) is 12.3 Å². The lowest BCUT2D eigenvalue weighted by molar-refractivity contribution is -0.137. The molecule has 0 aliphatic heterocycles. The second-order valence-electron chi connectivity index (χ2n) is 2.88. The minimum atomic E-state index is -4.06. The van der Waals surface area contributed by atoms with Crippen LogP contribution in [0, 0.1) is 0 Å². The largest absolute Gasteiger partial charge is 0.481 e. The Balaban J connectivity index is 3.54. The number of amides is 1. The molecule has 0 aromatic heterocycles. The quantitative estimate of drug-likeness (QED) is 0.502. The molecule has 0 fully saturated rings. The fourth-order valence-electron chi connectivity index (χ4n) is 0.808. The zero-order chi connectivity index (χ0) is 11.9. The molecule has 1 amide bonds. The number of carbonyl (C=O) groups excluding carboxylic acids is 1. The number of nitrogens with one attached hydrogen (secondary N) is 1. The van der Waals surface area contributed by atoms with Crippen molar-refractivity contribution in [3.63, 3.8) is 0 Å². The molecule has 0 saturated carbocycles. The third kappa shape index (κ3) is 10.8. The first-order valence-electron chi connectivity index (χ1n) is 4.25. The van der Waals surface area contributed by atoms with Gasteiger partial charge in [0, 0.05) is 19.4 Å². The highest BCUT2D eigenvalue weighted by atomic mass is 32.2. The van der Waals surface area contributed by atoms with E-state index in [0.29, 0.717) is 0 Å². The molecule has 0 aromatic carbocycles. The fraction of sp³-hybridized carbons (Fsp3) is 0.714. The van der Waals surface area contributed by atoms with Gasteiger partial charge in [0.1, 0.15) is 0 Å². The smallest absolute Gasteiger partial charge is 0.303 e. The van der Waals surface area contributed by atoms with Crippen molar-refractivity contribution in [1.29, 1.82) is 0 Å². The van der Waals surface area contributed by atoms with Gasteiger partial charge in [-0.15, -0.1) is 0 Å². The first-order valence-corrected chi connectivity index (χ1v) is 5.86. The normalized spacial score (nSPS) is 11.0. The summed E-state index contributed by atoms with van der Waals surface area (Å²) < 4.78 is 28.8. The Hall–Kier alpha value is -1.15. The van der Waals surface area contributed by atoms with Gasteiger partial charge in [0.25, 0.3) is 10.1 Å². The van der Waals surface area contributed by atoms with Gasteiger partial charge >= 0.3 is 5.97 Å². The highest BCUT2D eigenvalue weighted by Crippen LogP contribution is 1.94. The van der Waals surface area contributed by atoms with E-state index in [9.17, 15) is 18.0 Å². The summed E-state index contributed by atoms with van der Waals surface area (Å²) in [6, 6.07) is 0. The SMILES string of the molecule is O=C(O)CCCC(=O)NCCS(=O)(=O)O. The van der Waals surface area contributed by atoms with E-state index in [1.54, 1.807) is 0 Å². The van der Waals surface area contributed by atoms with E-state index in [4.69, 9.17) is 9.66 Å². The Bertz CT molecular complexity index is 322. The summed E-state index contributed by atoms with van der Waals surface area (Å²) in [6.45, 7) is -0.176. The summed E-state index contributed by atoms with van der Waals surface area (Å²) in [4.78, 5) is 21.0. The number of hydrogen-bond acceptors (Lipinski definition) is 4. The molecule has 0 bridgehead atoms. The minimum absolute atomic E-state index is 0.0256. The van der Waals surface area contributed by atoms with Crippen LogP contribution >= 0.6 is 0 Å². The van der Waals surface area contributed by atoms with Crippen LogP contribution in [0.5, 0.6) is 0 Å². The molecular weight excluding hydrogens is 226 g/mol. The molecule has 0 aliphatic carbocycles. The summed E-state index contributed by atoms with van der Waals surface area (Å²) >= 11 is 0. The molecule has 0 radical (unpaired) electrons. The topological polar surface area (TPSA) is 121 Å². The van der Waals surface area contributed by atoms with Crippen molar-refractivity contribution in [3.05, 3.63) is 0 Å². The molecule has 8 heteroatoms. The molecule has 0 atom stereocenters. The standard InChI is InChI=1S/C7H13NO6S/c9-6(2-1-3-7(10)11)8-4-5-15(12,13)14/h1-5H2,(H,8,9)(H,10,11)(H,12,13,14). The van der Waals surface area contributed by atoms with Gasteiger partial charge in [0.05, 0.1) is 5.75 Å². The van der Waals surface area contributed by atoms with Crippen molar-refractivity contribution in [2.24, 2.45) is 0 Å². The van der Waals surface area contributed by atoms with Gasteiger partial charge in [-0.25, -0.2) is 0 Å². The molecule has 15 heavy (non-hydrogen) atoms.